The Labute approximate surface area is 239 Å². The molecule has 4 aromatic rings. The monoisotopic (exact) mass is 601 g/mol. The average molecular weight is 602 g/mol. The highest BCUT2D eigenvalue weighted by Crippen LogP contribution is 2.38. The van der Waals surface area contributed by atoms with Gasteiger partial charge in [0.15, 0.2) is 17.8 Å². The van der Waals surface area contributed by atoms with Gasteiger partial charge in [-0.15, -0.1) is 0 Å². The highest BCUT2D eigenvalue weighted by molar-refractivity contribution is 7.90. The number of halogens is 2. The Kier molecular flexibility index (Phi) is 8.76. The van der Waals surface area contributed by atoms with Crippen LogP contribution in [0.15, 0.2) is 88.7 Å². The second-order valence-corrected chi connectivity index (χ2v) is 11.4. The van der Waals surface area contributed by atoms with Crippen LogP contribution in [0.1, 0.15) is 28.8 Å². The van der Waals surface area contributed by atoms with E-state index in [9.17, 15) is 22.0 Å². The lowest BCUT2D eigenvalue weighted by atomic mass is 10.1. The summed E-state index contributed by atoms with van der Waals surface area (Å²) in [4.78, 5) is 18.8. The number of sulfonamides is 1. The van der Waals surface area contributed by atoms with Crippen molar-refractivity contribution in [1.82, 2.24) is 9.71 Å². The maximum absolute atomic E-state index is 13.1. The molecule has 1 aliphatic heterocycles. The highest BCUT2D eigenvalue weighted by Gasteiger charge is 2.23. The van der Waals surface area contributed by atoms with Crippen LogP contribution in [0.3, 0.4) is 0 Å². The molecule has 2 aromatic carbocycles. The molecule has 0 bridgehead atoms. The van der Waals surface area contributed by atoms with Gasteiger partial charge in [0.2, 0.25) is 0 Å². The van der Waals surface area contributed by atoms with Crippen LogP contribution in [0.2, 0.25) is 0 Å². The first-order valence-electron chi connectivity index (χ1n) is 12.5. The first kappa shape index (κ1) is 28.5. The van der Waals surface area contributed by atoms with E-state index in [0.29, 0.717) is 30.9 Å². The molecule has 0 radical (unpaired) electrons. The molecule has 1 amide bonds. The van der Waals surface area contributed by atoms with Gasteiger partial charge in [-0.25, -0.2) is 13.1 Å². The van der Waals surface area contributed by atoms with Crippen molar-refractivity contribution in [3.63, 3.8) is 0 Å². The number of carbonyl (C=O) groups excluding carboxylic acids is 1. The highest BCUT2D eigenvalue weighted by atomic mass is 32.2. The van der Waals surface area contributed by atoms with E-state index in [0.717, 1.165) is 12.0 Å². The van der Waals surface area contributed by atoms with Crippen molar-refractivity contribution >= 4 is 38.6 Å². The van der Waals surface area contributed by atoms with Crippen LogP contribution >= 0.6 is 11.3 Å². The van der Waals surface area contributed by atoms with Crippen molar-refractivity contribution in [3.05, 3.63) is 94.9 Å². The van der Waals surface area contributed by atoms with E-state index in [1.807, 2.05) is 11.0 Å². The standard InChI is InChI=1S/C28H25F2N3O6S2/c29-28(30)39-24-10-9-22(15-25(24)38-26-4-2-13-37-26)33(17-19-3-1-12-31-16-19)21-7-5-20(6-8-21)27(34)32-41(35,36)23-11-14-40-18-23/h1,3,5-12,14-16,18,26,28H,2,4,13,17H2,(H,32,34). The van der Waals surface area contributed by atoms with Crippen molar-refractivity contribution in [2.45, 2.75) is 37.2 Å². The normalized spacial score (nSPS) is 15.0. The fraction of sp³-hybridized carbons (Fsp3) is 0.214. The Bertz CT molecular complexity index is 1560. The summed E-state index contributed by atoms with van der Waals surface area (Å²) >= 11 is 1.20. The number of nitrogens with zero attached hydrogens (tertiary/aromatic N) is 2. The van der Waals surface area contributed by atoms with E-state index in [4.69, 9.17) is 9.47 Å². The van der Waals surface area contributed by atoms with Gasteiger partial charge in [-0.3, -0.25) is 9.78 Å². The molecule has 214 valence electrons. The summed E-state index contributed by atoms with van der Waals surface area (Å²) in [6.07, 6.45) is 4.16. The lowest BCUT2D eigenvalue weighted by molar-refractivity contribution is -0.0632. The molecule has 1 atom stereocenters. The maximum Gasteiger partial charge on any atom is 0.387 e. The van der Waals surface area contributed by atoms with Crippen LogP contribution in [0.4, 0.5) is 20.2 Å². The van der Waals surface area contributed by atoms with Gasteiger partial charge < -0.3 is 19.1 Å². The quantitative estimate of drug-likeness (QED) is 0.233. The summed E-state index contributed by atoms with van der Waals surface area (Å²) in [5.41, 5.74) is 2.21. The summed E-state index contributed by atoms with van der Waals surface area (Å²) in [6, 6.07) is 16.0. The molecule has 9 nitrogen and oxygen atoms in total. The van der Waals surface area contributed by atoms with Crippen LogP contribution in [0.5, 0.6) is 11.5 Å². The molecule has 13 heteroatoms. The first-order chi connectivity index (χ1) is 19.8. The molecule has 1 unspecified atom stereocenters. The summed E-state index contributed by atoms with van der Waals surface area (Å²) < 4.78 is 69.3. The fourth-order valence-corrected chi connectivity index (χ4v) is 6.18. The number of rotatable bonds is 11. The number of ether oxygens (including phenoxy) is 3. The van der Waals surface area contributed by atoms with Crippen molar-refractivity contribution < 1.29 is 36.2 Å². The second-order valence-electron chi connectivity index (χ2n) is 8.96. The number of anilines is 2. The molecule has 41 heavy (non-hydrogen) atoms. The Balaban J connectivity index is 1.45. The number of amides is 1. The maximum atomic E-state index is 13.1. The predicted molar refractivity (Wildman–Crippen MR) is 148 cm³/mol. The van der Waals surface area contributed by atoms with Gasteiger partial charge in [0, 0.05) is 53.7 Å². The summed E-state index contributed by atoms with van der Waals surface area (Å²) in [5.74, 6) is -0.803. The number of carbonyl (C=O) groups is 1. The zero-order valence-corrected chi connectivity index (χ0v) is 23.1. The molecule has 0 aliphatic carbocycles. The minimum Gasteiger partial charge on any atom is -0.461 e. The molecular formula is C28H25F2N3O6S2. The second kappa shape index (κ2) is 12.6. The van der Waals surface area contributed by atoms with Gasteiger partial charge in [0.1, 0.15) is 0 Å². The number of benzene rings is 2. The zero-order chi connectivity index (χ0) is 28.8. The van der Waals surface area contributed by atoms with Crippen LogP contribution in [-0.2, 0) is 21.3 Å². The van der Waals surface area contributed by atoms with Gasteiger partial charge in [0.25, 0.3) is 15.9 Å². The molecule has 0 saturated carbocycles. The van der Waals surface area contributed by atoms with E-state index in [1.165, 1.54) is 41.0 Å². The van der Waals surface area contributed by atoms with E-state index < -0.39 is 28.8 Å². The average Bonchev–Trinajstić information content (AvgIpc) is 3.69. The Hall–Kier alpha value is -4.07. The number of thiophene rings is 1. The molecule has 0 spiro atoms. The van der Waals surface area contributed by atoms with Gasteiger partial charge in [-0.05, 0) is 65.9 Å². The molecule has 1 N–H and O–H groups in total. The SMILES string of the molecule is O=C(NS(=O)(=O)c1ccsc1)c1ccc(N(Cc2cccnc2)c2ccc(OC(F)F)c(OC3CCCO3)c2)cc1. The van der Waals surface area contributed by atoms with Crippen LogP contribution < -0.4 is 19.1 Å². The van der Waals surface area contributed by atoms with Gasteiger partial charge >= 0.3 is 6.61 Å². The Morgan fingerprint density at radius 3 is 2.59 bits per heavy atom. The molecule has 1 saturated heterocycles. The van der Waals surface area contributed by atoms with E-state index in [2.05, 4.69) is 14.4 Å². The smallest absolute Gasteiger partial charge is 0.387 e. The molecule has 1 fully saturated rings. The number of hydrogen-bond donors (Lipinski definition) is 1. The molecule has 1 aliphatic rings. The summed E-state index contributed by atoms with van der Waals surface area (Å²) in [6.45, 7) is -2.20. The first-order valence-corrected chi connectivity index (χ1v) is 14.9. The minimum atomic E-state index is -4.00. The topological polar surface area (TPSA) is 107 Å². The molecule has 3 heterocycles. The van der Waals surface area contributed by atoms with Gasteiger partial charge in [0.05, 0.1) is 11.5 Å². The van der Waals surface area contributed by atoms with Crippen molar-refractivity contribution in [2.75, 3.05) is 11.5 Å². The van der Waals surface area contributed by atoms with E-state index in [-0.39, 0.29) is 22.0 Å². The Morgan fingerprint density at radius 1 is 1.12 bits per heavy atom. The Morgan fingerprint density at radius 2 is 1.93 bits per heavy atom. The summed E-state index contributed by atoms with van der Waals surface area (Å²) in [5, 5.41) is 3.04. The lowest BCUT2D eigenvalue weighted by Crippen LogP contribution is -2.30. The number of nitrogens with one attached hydrogen (secondary N) is 1. The fourth-order valence-electron chi connectivity index (χ4n) is 4.18. The van der Waals surface area contributed by atoms with Crippen LogP contribution in [0.25, 0.3) is 0 Å². The predicted octanol–water partition coefficient (Wildman–Crippen LogP) is 5.72. The van der Waals surface area contributed by atoms with Gasteiger partial charge in [-0.2, -0.15) is 20.1 Å². The number of aromatic nitrogens is 1. The number of alkyl halides is 2. The summed E-state index contributed by atoms with van der Waals surface area (Å²) in [7, 11) is -4.00. The van der Waals surface area contributed by atoms with Crippen LogP contribution in [-0.4, -0.2) is 38.8 Å². The lowest BCUT2D eigenvalue weighted by Gasteiger charge is -2.27. The number of pyridine rings is 1. The van der Waals surface area contributed by atoms with Crippen molar-refractivity contribution in [2.24, 2.45) is 0 Å². The van der Waals surface area contributed by atoms with Crippen LogP contribution in [0, 0.1) is 0 Å². The van der Waals surface area contributed by atoms with E-state index >= 15 is 0 Å². The van der Waals surface area contributed by atoms with Crippen molar-refractivity contribution in [3.8, 4) is 11.5 Å². The zero-order valence-electron chi connectivity index (χ0n) is 21.5. The minimum absolute atomic E-state index is 0.00964. The van der Waals surface area contributed by atoms with Crippen molar-refractivity contribution in [1.29, 1.82) is 0 Å². The number of hydrogen-bond acceptors (Lipinski definition) is 9. The third-order valence-electron chi connectivity index (χ3n) is 6.14. The third kappa shape index (κ3) is 7.17. The third-order valence-corrected chi connectivity index (χ3v) is 8.30. The van der Waals surface area contributed by atoms with E-state index in [1.54, 1.807) is 48.1 Å². The molecule has 5 rings (SSSR count). The molecular weight excluding hydrogens is 576 g/mol. The largest absolute Gasteiger partial charge is 0.461 e. The van der Waals surface area contributed by atoms with Gasteiger partial charge in [-0.1, -0.05) is 6.07 Å². The molecule has 2 aromatic heterocycles.